The number of fused-ring (bicyclic) bond motifs is 1. The molecule has 3 aromatic carbocycles. The van der Waals surface area contributed by atoms with E-state index in [4.69, 9.17) is 14.2 Å². The van der Waals surface area contributed by atoms with E-state index in [1.54, 1.807) is 54.2 Å². The molecular formula is C32H31F2N5O4. The number of methoxy groups -OCH3 is 2. The quantitative estimate of drug-likeness (QED) is 0.203. The van der Waals surface area contributed by atoms with Crippen molar-refractivity contribution in [3.63, 3.8) is 0 Å². The van der Waals surface area contributed by atoms with Gasteiger partial charge in [0.25, 0.3) is 0 Å². The Morgan fingerprint density at radius 3 is 2.28 bits per heavy atom. The van der Waals surface area contributed by atoms with E-state index >= 15 is 4.39 Å². The molecule has 0 spiro atoms. The fourth-order valence-corrected chi connectivity index (χ4v) is 4.74. The second-order valence-corrected chi connectivity index (χ2v) is 10.8. The molecule has 5 aromatic rings. The molecule has 2 N–H and O–H groups in total. The van der Waals surface area contributed by atoms with E-state index in [9.17, 15) is 9.18 Å². The van der Waals surface area contributed by atoms with Gasteiger partial charge in [0.15, 0.2) is 11.5 Å². The Hall–Kier alpha value is -5.19. The summed E-state index contributed by atoms with van der Waals surface area (Å²) in [6.45, 7) is 5.89. The van der Waals surface area contributed by atoms with E-state index in [1.807, 2.05) is 20.8 Å². The van der Waals surface area contributed by atoms with Crippen molar-refractivity contribution in [2.45, 2.75) is 26.2 Å². The van der Waals surface area contributed by atoms with Crippen LogP contribution in [0.4, 0.5) is 25.1 Å². The molecule has 2 heterocycles. The van der Waals surface area contributed by atoms with Gasteiger partial charge in [0, 0.05) is 41.7 Å². The number of carbonyl (C=O) groups is 1. The third-order valence-corrected chi connectivity index (χ3v) is 6.75. The summed E-state index contributed by atoms with van der Waals surface area (Å²) in [4.78, 5) is 22.1. The number of benzene rings is 3. The maximum atomic E-state index is 15.2. The fourth-order valence-electron chi connectivity index (χ4n) is 4.74. The molecule has 0 aliphatic carbocycles. The largest absolute Gasteiger partial charge is 0.493 e. The number of nitrogens with one attached hydrogen (secondary N) is 2. The average Bonchev–Trinajstić information content (AvgIpc) is 3.30. The van der Waals surface area contributed by atoms with Crippen molar-refractivity contribution in [1.82, 2.24) is 14.5 Å². The molecule has 5 rings (SSSR count). The Morgan fingerprint density at radius 2 is 1.60 bits per heavy atom. The van der Waals surface area contributed by atoms with Crippen molar-refractivity contribution in [2.24, 2.45) is 7.05 Å². The minimum atomic E-state index is -0.727. The van der Waals surface area contributed by atoms with Crippen LogP contribution in [0.5, 0.6) is 23.0 Å². The molecule has 0 fully saturated rings. The zero-order chi connectivity index (χ0) is 30.9. The van der Waals surface area contributed by atoms with E-state index in [-0.39, 0.29) is 28.5 Å². The molecule has 9 nitrogen and oxygen atoms in total. The van der Waals surface area contributed by atoms with Crippen molar-refractivity contribution in [1.29, 1.82) is 0 Å². The Morgan fingerprint density at radius 1 is 0.884 bits per heavy atom. The maximum absolute atomic E-state index is 15.2. The Bertz CT molecular complexity index is 1830. The molecule has 11 heteroatoms. The molecule has 2 amide bonds. The smallest absolute Gasteiger partial charge is 0.324 e. The van der Waals surface area contributed by atoms with E-state index < -0.39 is 23.1 Å². The molecular weight excluding hydrogens is 556 g/mol. The van der Waals surface area contributed by atoms with Crippen LogP contribution in [0, 0.1) is 11.6 Å². The van der Waals surface area contributed by atoms with Crippen molar-refractivity contribution >= 4 is 28.4 Å². The highest BCUT2D eigenvalue weighted by molar-refractivity contribution is 6.01. The van der Waals surface area contributed by atoms with Gasteiger partial charge in [0.05, 0.1) is 25.4 Å². The third-order valence-electron chi connectivity index (χ3n) is 6.75. The monoisotopic (exact) mass is 587 g/mol. The summed E-state index contributed by atoms with van der Waals surface area (Å²) in [7, 11) is 4.79. The van der Waals surface area contributed by atoms with Crippen LogP contribution in [0.3, 0.4) is 0 Å². The number of carbonyl (C=O) groups excluding carboxylic acids is 1. The molecule has 0 aliphatic rings. The lowest BCUT2D eigenvalue weighted by molar-refractivity contribution is 0.262. The lowest BCUT2D eigenvalue weighted by Gasteiger charge is -2.18. The van der Waals surface area contributed by atoms with Gasteiger partial charge in [-0.15, -0.1) is 0 Å². The molecule has 0 atom stereocenters. The van der Waals surface area contributed by atoms with Crippen LogP contribution in [0.2, 0.25) is 0 Å². The summed E-state index contributed by atoms with van der Waals surface area (Å²) in [5.74, 6) is 1.33. The SMILES string of the molecule is COc1cc2nccc(Oc3ccc(NC(=O)Nc4c(-c5ccccc5F)nc(C(C)(C)C)n4C)c(F)c3)c2cc1OC. The van der Waals surface area contributed by atoms with Crippen LogP contribution in [-0.2, 0) is 12.5 Å². The van der Waals surface area contributed by atoms with Gasteiger partial charge in [0.2, 0.25) is 0 Å². The predicted molar refractivity (Wildman–Crippen MR) is 161 cm³/mol. The van der Waals surface area contributed by atoms with Crippen molar-refractivity contribution < 1.29 is 27.8 Å². The lowest BCUT2D eigenvalue weighted by Crippen LogP contribution is -2.23. The zero-order valence-electron chi connectivity index (χ0n) is 24.6. The number of ether oxygens (including phenoxy) is 3. The summed E-state index contributed by atoms with van der Waals surface area (Å²) in [5.41, 5.74) is 0.622. The number of imidazole rings is 1. The van der Waals surface area contributed by atoms with Crippen LogP contribution in [0.1, 0.15) is 26.6 Å². The van der Waals surface area contributed by atoms with E-state index in [1.165, 1.54) is 32.4 Å². The van der Waals surface area contributed by atoms with Gasteiger partial charge in [-0.2, -0.15) is 0 Å². The van der Waals surface area contributed by atoms with Gasteiger partial charge in [-0.25, -0.2) is 18.6 Å². The van der Waals surface area contributed by atoms with Gasteiger partial charge < -0.3 is 24.1 Å². The highest BCUT2D eigenvalue weighted by atomic mass is 19.1. The Balaban J connectivity index is 1.38. The summed E-state index contributed by atoms with van der Waals surface area (Å²) in [6.07, 6.45) is 1.57. The number of hydrogen-bond acceptors (Lipinski definition) is 6. The number of pyridine rings is 1. The molecule has 2 aromatic heterocycles. The summed E-state index contributed by atoms with van der Waals surface area (Å²) in [5, 5.41) is 5.88. The van der Waals surface area contributed by atoms with Crippen LogP contribution in [-0.4, -0.2) is 34.8 Å². The van der Waals surface area contributed by atoms with Gasteiger partial charge in [-0.05, 0) is 36.4 Å². The van der Waals surface area contributed by atoms with Crippen molar-refractivity contribution in [3.8, 4) is 34.3 Å². The molecule has 0 aliphatic heterocycles. The van der Waals surface area contributed by atoms with Crippen LogP contribution in [0.25, 0.3) is 22.2 Å². The van der Waals surface area contributed by atoms with Crippen LogP contribution in [0.15, 0.2) is 66.9 Å². The molecule has 0 unspecified atom stereocenters. The number of rotatable bonds is 7. The van der Waals surface area contributed by atoms with Gasteiger partial charge >= 0.3 is 6.03 Å². The van der Waals surface area contributed by atoms with Gasteiger partial charge in [-0.3, -0.25) is 10.3 Å². The van der Waals surface area contributed by atoms with Crippen LogP contribution >= 0.6 is 0 Å². The van der Waals surface area contributed by atoms with E-state index in [0.717, 1.165) is 6.07 Å². The number of anilines is 2. The number of aromatic nitrogens is 3. The predicted octanol–water partition coefficient (Wildman–Crippen LogP) is 7.66. The van der Waals surface area contributed by atoms with Gasteiger partial charge in [0.1, 0.15) is 40.5 Å². The molecule has 0 radical (unpaired) electrons. The van der Waals surface area contributed by atoms with E-state index in [2.05, 4.69) is 20.6 Å². The fraction of sp³-hybridized carbons (Fsp3) is 0.219. The minimum absolute atomic E-state index is 0.0819. The Kier molecular flexibility index (Phi) is 7.90. The number of hydrogen-bond donors (Lipinski definition) is 2. The first-order valence-corrected chi connectivity index (χ1v) is 13.4. The van der Waals surface area contributed by atoms with Crippen molar-refractivity contribution in [2.75, 3.05) is 24.9 Å². The van der Waals surface area contributed by atoms with Crippen LogP contribution < -0.4 is 24.8 Å². The standard InChI is InChI=1S/C32H31F2N5O4/c1-32(2,3)30-37-28(19-9-7-8-10-21(19)33)29(39(30)4)38-31(40)36-23-12-11-18(15-22(23)34)43-25-13-14-35-24-17-27(42-6)26(41-5)16-20(24)25/h7-17H,1-6H3,(H2,36,38,40). The average molecular weight is 588 g/mol. The summed E-state index contributed by atoms with van der Waals surface area (Å²) >= 11 is 0. The highest BCUT2D eigenvalue weighted by Crippen LogP contribution is 2.38. The first-order chi connectivity index (χ1) is 20.5. The number of halogens is 2. The number of urea groups is 1. The first kappa shape index (κ1) is 29.3. The second kappa shape index (κ2) is 11.6. The second-order valence-electron chi connectivity index (χ2n) is 10.8. The number of amides is 2. The minimum Gasteiger partial charge on any atom is -0.493 e. The summed E-state index contributed by atoms with van der Waals surface area (Å²) < 4.78 is 48.3. The maximum Gasteiger partial charge on any atom is 0.324 e. The van der Waals surface area contributed by atoms with Gasteiger partial charge in [-0.1, -0.05) is 32.9 Å². The molecule has 43 heavy (non-hydrogen) atoms. The topological polar surface area (TPSA) is 99.5 Å². The lowest BCUT2D eigenvalue weighted by atomic mass is 9.96. The van der Waals surface area contributed by atoms with E-state index in [0.29, 0.717) is 34.0 Å². The van der Waals surface area contributed by atoms with Crippen molar-refractivity contribution in [3.05, 3.63) is 84.3 Å². The molecule has 0 bridgehead atoms. The molecule has 0 saturated carbocycles. The zero-order valence-corrected chi connectivity index (χ0v) is 24.6. The third kappa shape index (κ3) is 5.92. The Labute approximate surface area is 247 Å². The highest BCUT2D eigenvalue weighted by Gasteiger charge is 2.27. The summed E-state index contributed by atoms with van der Waals surface area (Å²) in [6, 6.07) is 14.6. The molecule has 0 saturated heterocycles. The first-order valence-electron chi connectivity index (χ1n) is 13.4. The normalized spacial score (nSPS) is 11.3. The number of nitrogens with zero attached hydrogens (tertiary/aromatic N) is 3. The molecule has 222 valence electrons.